The Hall–Kier alpha value is -2.62. The second kappa shape index (κ2) is 6.03. The summed E-state index contributed by atoms with van der Waals surface area (Å²) in [7, 11) is 0. The molecule has 128 valence electrons. The normalized spacial score (nSPS) is 22.6. The largest absolute Gasteiger partial charge is 0.508 e. The molecule has 0 aromatic heterocycles. The van der Waals surface area contributed by atoms with Gasteiger partial charge in [0.15, 0.2) is 0 Å². The Morgan fingerprint density at radius 3 is 2.12 bits per heavy atom. The van der Waals surface area contributed by atoms with Crippen molar-refractivity contribution in [2.45, 2.75) is 38.1 Å². The third-order valence-corrected chi connectivity index (χ3v) is 5.23. The van der Waals surface area contributed by atoms with Gasteiger partial charge in [-0.25, -0.2) is 0 Å². The minimum absolute atomic E-state index is 0.250. The van der Waals surface area contributed by atoms with Crippen LogP contribution in [-0.4, -0.2) is 10.2 Å². The Morgan fingerprint density at radius 1 is 0.960 bits per heavy atom. The molecule has 1 atom stereocenters. The monoisotopic (exact) mass is 334 g/mol. The van der Waals surface area contributed by atoms with Gasteiger partial charge in [0.25, 0.3) is 0 Å². The molecule has 25 heavy (non-hydrogen) atoms. The Labute approximate surface area is 147 Å². The Kier molecular flexibility index (Phi) is 3.83. The first kappa shape index (κ1) is 15.9. The summed E-state index contributed by atoms with van der Waals surface area (Å²) in [5.41, 5.74) is 3.77. The molecule has 2 aromatic carbocycles. The van der Waals surface area contributed by atoms with Gasteiger partial charge in [0.1, 0.15) is 17.0 Å². The third kappa shape index (κ3) is 2.82. The molecule has 1 aliphatic carbocycles. The number of phenolic OH excluding ortho intramolecular Hbond substituents is 2. The lowest BCUT2D eigenvalue weighted by atomic mass is 9.77. The molecule has 4 rings (SSSR count). The van der Waals surface area contributed by atoms with E-state index in [9.17, 15) is 10.2 Å². The standard InChI is InChI=1S/C21H22N2O2/c1-2-19-20(15-5-9-17(24)10-6-15)22-23-21(19,13-14-3-4-14)16-7-11-18(25)12-8-16/h5-12,14,24-25H,2-4,13H2,1H3. The molecule has 2 aromatic rings. The summed E-state index contributed by atoms with van der Waals surface area (Å²) in [6.45, 7) is 2.15. The zero-order chi connectivity index (χ0) is 17.4. The molecule has 0 radical (unpaired) electrons. The topological polar surface area (TPSA) is 65.2 Å². The van der Waals surface area contributed by atoms with E-state index in [2.05, 4.69) is 12.0 Å². The number of benzene rings is 2. The number of azo groups is 1. The van der Waals surface area contributed by atoms with Gasteiger partial charge < -0.3 is 10.2 Å². The SMILES string of the molecule is CCC1=C(c2ccc(O)cc2)N=NC1(CC1CC1)c1ccc(O)cc1. The van der Waals surface area contributed by atoms with E-state index in [0.29, 0.717) is 5.92 Å². The van der Waals surface area contributed by atoms with Crippen molar-refractivity contribution in [1.29, 1.82) is 0 Å². The van der Waals surface area contributed by atoms with Gasteiger partial charge in [0.2, 0.25) is 0 Å². The Morgan fingerprint density at radius 2 is 1.56 bits per heavy atom. The highest BCUT2D eigenvalue weighted by Gasteiger charge is 2.45. The lowest BCUT2D eigenvalue weighted by Gasteiger charge is -2.29. The van der Waals surface area contributed by atoms with Crippen molar-refractivity contribution < 1.29 is 10.2 Å². The average Bonchev–Trinajstić information content (AvgIpc) is 3.35. The van der Waals surface area contributed by atoms with Crippen LogP contribution in [0.5, 0.6) is 11.5 Å². The van der Waals surface area contributed by atoms with Gasteiger partial charge in [-0.1, -0.05) is 31.9 Å². The van der Waals surface area contributed by atoms with Gasteiger partial charge in [0.05, 0.1) is 5.70 Å². The molecule has 0 spiro atoms. The molecular formula is C21H22N2O2. The number of hydrogen-bond acceptors (Lipinski definition) is 4. The van der Waals surface area contributed by atoms with Crippen LogP contribution in [0, 0.1) is 5.92 Å². The molecule has 4 nitrogen and oxygen atoms in total. The second-order valence-electron chi connectivity index (χ2n) is 6.98. The molecule has 0 amide bonds. The average molecular weight is 334 g/mol. The predicted octanol–water partition coefficient (Wildman–Crippen LogP) is 5.38. The van der Waals surface area contributed by atoms with Crippen molar-refractivity contribution in [3.63, 3.8) is 0 Å². The molecule has 2 N–H and O–H groups in total. The molecule has 0 saturated heterocycles. The third-order valence-electron chi connectivity index (χ3n) is 5.23. The number of hydrogen-bond donors (Lipinski definition) is 2. The highest BCUT2D eigenvalue weighted by Crippen LogP contribution is 2.53. The molecule has 2 aliphatic rings. The number of rotatable bonds is 5. The predicted molar refractivity (Wildman–Crippen MR) is 97.3 cm³/mol. The van der Waals surface area contributed by atoms with E-state index in [1.54, 1.807) is 24.3 Å². The summed E-state index contributed by atoms with van der Waals surface area (Å²) in [5.74, 6) is 1.20. The van der Waals surface area contributed by atoms with Crippen LogP contribution in [-0.2, 0) is 5.54 Å². The Bertz CT molecular complexity index is 833. The fourth-order valence-electron chi connectivity index (χ4n) is 3.75. The van der Waals surface area contributed by atoms with Gasteiger partial charge in [0, 0.05) is 5.56 Å². The first-order valence-corrected chi connectivity index (χ1v) is 8.88. The van der Waals surface area contributed by atoms with Crippen molar-refractivity contribution in [2.24, 2.45) is 16.1 Å². The van der Waals surface area contributed by atoms with Crippen LogP contribution in [0.3, 0.4) is 0 Å². The fourth-order valence-corrected chi connectivity index (χ4v) is 3.75. The first-order chi connectivity index (χ1) is 12.1. The van der Waals surface area contributed by atoms with Crippen LogP contribution >= 0.6 is 0 Å². The summed E-state index contributed by atoms with van der Waals surface area (Å²) < 4.78 is 0. The van der Waals surface area contributed by atoms with E-state index in [4.69, 9.17) is 5.11 Å². The van der Waals surface area contributed by atoms with Crippen molar-refractivity contribution in [3.8, 4) is 11.5 Å². The summed E-state index contributed by atoms with van der Waals surface area (Å²) in [4.78, 5) is 0. The van der Waals surface area contributed by atoms with Gasteiger partial charge in [-0.2, -0.15) is 10.2 Å². The molecule has 0 bridgehead atoms. The van der Waals surface area contributed by atoms with Crippen LogP contribution in [0.4, 0.5) is 0 Å². The summed E-state index contributed by atoms with van der Waals surface area (Å²) in [6.07, 6.45) is 4.32. The Balaban J connectivity index is 1.84. The van der Waals surface area contributed by atoms with Gasteiger partial charge in [-0.15, -0.1) is 0 Å². The first-order valence-electron chi connectivity index (χ1n) is 8.88. The summed E-state index contributed by atoms with van der Waals surface area (Å²) in [6, 6.07) is 14.5. The maximum atomic E-state index is 9.67. The lowest BCUT2D eigenvalue weighted by molar-refractivity contribution is 0.438. The zero-order valence-corrected chi connectivity index (χ0v) is 14.3. The summed E-state index contributed by atoms with van der Waals surface area (Å²) in [5, 5.41) is 28.6. The van der Waals surface area contributed by atoms with E-state index in [0.717, 1.165) is 29.7 Å². The van der Waals surface area contributed by atoms with Crippen molar-refractivity contribution in [2.75, 3.05) is 0 Å². The number of nitrogens with zero attached hydrogens (tertiary/aromatic N) is 2. The maximum Gasteiger partial charge on any atom is 0.130 e. The fraction of sp³-hybridized carbons (Fsp3) is 0.333. The van der Waals surface area contributed by atoms with Crippen LogP contribution in [0.25, 0.3) is 5.70 Å². The quantitative estimate of drug-likeness (QED) is 0.771. The summed E-state index contributed by atoms with van der Waals surface area (Å²) >= 11 is 0. The molecule has 4 heteroatoms. The van der Waals surface area contributed by atoms with E-state index >= 15 is 0 Å². The molecule has 1 saturated carbocycles. The second-order valence-corrected chi connectivity index (χ2v) is 6.98. The van der Waals surface area contributed by atoms with E-state index < -0.39 is 5.54 Å². The highest BCUT2D eigenvalue weighted by molar-refractivity contribution is 5.72. The van der Waals surface area contributed by atoms with Gasteiger partial charge in [-0.05, 0) is 66.3 Å². The van der Waals surface area contributed by atoms with Crippen molar-refractivity contribution in [3.05, 3.63) is 65.2 Å². The van der Waals surface area contributed by atoms with E-state index in [1.807, 2.05) is 24.3 Å². The van der Waals surface area contributed by atoms with E-state index in [-0.39, 0.29) is 11.5 Å². The minimum Gasteiger partial charge on any atom is -0.508 e. The van der Waals surface area contributed by atoms with Crippen LogP contribution in [0.15, 0.2) is 64.3 Å². The maximum absolute atomic E-state index is 9.67. The van der Waals surface area contributed by atoms with E-state index in [1.165, 1.54) is 18.4 Å². The lowest BCUT2D eigenvalue weighted by Crippen LogP contribution is -2.25. The zero-order valence-electron chi connectivity index (χ0n) is 14.3. The smallest absolute Gasteiger partial charge is 0.130 e. The molecule has 1 heterocycles. The van der Waals surface area contributed by atoms with Crippen LogP contribution in [0.2, 0.25) is 0 Å². The highest BCUT2D eigenvalue weighted by atomic mass is 16.3. The van der Waals surface area contributed by atoms with Crippen LogP contribution in [0.1, 0.15) is 43.7 Å². The molecular weight excluding hydrogens is 312 g/mol. The molecule has 1 fully saturated rings. The number of aromatic hydroxyl groups is 2. The molecule has 1 aliphatic heterocycles. The van der Waals surface area contributed by atoms with Crippen molar-refractivity contribution in [1.82, 2.24) is 0 Å². The van der Waals surface area contributed by atoms with Crippen molar-refractivity contribution >= 4 is 5.70 Å². The molecule has 1 unspecified atom stereocenters. The van der Waals surface area contributed by atoms with Crippen LogP contribution < -0.4 is 0 Å². The number of phenols is 2. The minimum atomic E-state index is -0.434. The van der Waals surface area contributed by atoms with Gasteiger partial charge in [-0.3, -0.25) is 0 Å². The van der Waals surface area contributed by atoms with Gasteiger partial charge >= 0.3 is 0 Å².